The summed E-state index contributed by atoms with van der Waals surface area (Å²) in [5.74, 6) is 0. The molecule has 0 aliphatic carbocycles. The molecule has 0 atom stereocenters. The highest BCUT2D eigenvalue weighted by Gasteiger charge is 2.11. The van der Waals surface area contributed by atoms with Crippen LogP contribution < -0.4 is 0 Å². The second kappa shape index (κ2) is 5.57. The van der Waals surface area contributed by atoms with Crippen LogP contribution in [0.5, 0.6) is 0 Å². The zero-order valence-electron chi connectivity index (χ0n) is 14.6. The summed E-state index contributed by atoms with van der Waals surface area (Å²) >= 11 is 0. The van der Waals surface area contributed by atoms with E-state index in [4.69, 9.17) is 0 Å². The Bertz CT molecular complexity index is 1310. The topological polar surface area (TPSA) is 28.7 Å². The smallest absolute Gasteiger partial charge is 0.0711 e. The monoisotopic (exact) mass is 334 g/mol. The van der Waals surface area contributed by atoms with E-state index in [0.29, 0.717) is 0 Å². The summed E-state index contributed by atoms with van der Waals surface area (Å²) in [4.78, 5) is 8.13. The molecule has 5 rings (SSSR count). The van der Waals surface area contributed by atoms with Gasteiger partial charge in [-0.15, -0.1) is 0 Å². The van der Waals surface area contributed by atoms with Gasteiger partial charge in [-0.3, -0.25) is 4.98 Å². The fraction of sp³-hybridized carbons (Fsp3) is 0.0417. The molecule has 26 heavy (non-hydrogen) atoms. The van der Waals surface area contributed by atoms with Gasteiger partial charge in [0.1, 0.15) is 0 Å². The van der Waals surface area contributed by atoms with E-state index in [-0.39, 0.29) is 0 Å². The van der Waals surface area contributed by atoms with E-state index in [0.717, 1.165) is 44.3 Å². The molecule has 0 aliphatic rings. The summed E-state index contributed by atoms with van der Waals surface area (Å²) in [6, 6.07) is 25.3. The first-order chi connectivity index (χ1) is 12.7. The number of H-pyrrole nitrogens is 1. The molecular formula is C24H18N2. The first-order valence-corrected chi connectivity index (χ1v) is 8.77. The summed E-state index contributed by atoms with van der Waals surface area (Å²) in [6.07, 6.45) is 0. The molecular weight excluding hydrogens is 316 g/mol. The van der Waals surface area contributed by atoms with E-state index < -0.39 is 0 Å². The van der Waals surface area contributed by atoms with Gasteiger partial charge in [-0.25, -0.2) is 0 Å². The number of hydrogen-bond donors (Lipinski definition) is 1. The first kappa shape index (κ1) is 14.9. The normalized spacial score (nSPS) is 11.4. The minimum absolute atomic E-state index is 1.01. The summed E-state index contributed by atoms with van der Waals surface area (Å²) < 4.78 is 0. The highest BCUT2D eigenvalue weighted by molar-refractivity contribution is 6.08. The maximum Gasteiger partial charge on any atom is 0.0711 e. The summed E-state index contributed by atoms with van der Waals surface area (Å²) in [7, 11) is 0. The summed E-state index contributed by atoms with van der Waals surface area (Å²) in [5, 5.41) is 3.62. The van der Waals surface area contributed by atoms with Crippen LogP contribution in [0.15, 0.2) is 79.4 Å². The van der Waals surface area contributed by atoms with Gasteiger partial charge in [-0.2, -0.15) is 0 Å². The number of nitrogens with zero attached hydrogens (tertiary/aromatic N) is 1. The minimum Gasteiger partial charge on any atom is -0.355 e. The Morgan fingerprint density at radius 2 is 1.54 bits per heavy atom. The number of para-hydroxylation sites is 2. The fourth-order valence-corrected chi connectivity index (χ4v) is 3.75. The van der Waals surface area contributed by atoms with Gasteiger partial charge in [0.15, 0.2) is 0 Å². The third-order valence-corrected chi connectivity index (χ3v) is 5.02. The molecule has 124 valence electrons. The fourth-order valence-electron chi connectivity index (χ4n) is 3.75. The molecule has 3 aromatic carbocycles. The zero-order chi connectivity index (χ0) is 17.7. The summed E-state index contributed by atoms with van der Waals surface area (Å²) in [5.41, 5.74) is 7.64. The quantitative estimate of drug-likeness (QED) is 0.407. The van der Waals surface area contributed by atoms with Crippen LogP contribution in [0.2, 0.25) is 0 Å². The van der Waals surface area contributed by atoms with Crippen molar-refractivity contribution in [1.82, 2.24) is 9.97 Å². The van der Waals surface area contributed by atoms with Crippen molar-refractivity contribution in [3.63, 3.8) is 0 Å². The van der Waals surface area contributed by atoms with Crippen LogP contribution in [-0.2, 0) is 0 Å². The van der Waals surface area contributed by atoms with E-state index in [2.05, 4.69) is 83.3 Å². The Hall–Kier alpha value is -3.39. The number of rotatable bonds is 2. The van der Waals surface area contributed by atoms with E-state index >= 15 is 0 Å². The standard InChI is InChI=1S/C24H18N2/c1-15-13-20(18-7-3-5-9-22(18)25-15)16(2)17-11-12-24-21(14-17)19-8-4-6-10-23(19)26-24/h3-14,26H,2H2,1H3. The lowest BCUT2D eigenvalue weighted by Crippen LogP contribution is -1.93. The molecule has 0 unspecified atom stereocenters. The van der Waals surface area contributed by atoms with Gasteiger partial charge in [0.05, 0.1) is 5.52 Å². The van der Waals surface area contributed by atoms with Crippen LogP contribution in [-0.4, -0.2) is 9.97 Å². The van der Waals surface area contributed by atoms with Gasteiger partial charge in [-0.05, 0) is 54.0 Å². The SMILES string of the molecule is C=C(c1ccc2[nH]c3ccccc3c2c1)c1cc(C)nc2ccccc12. The van der Waals surface area contributed by atoms with Crippen LogP contribution in [0, 0.1) is 6.92 Å². The molecule has 2 heteroatoms. The molecule has 0 saturated heterocycles. The molecule has 0 spiro atoms. The Morgan fingerprint density at radius 3 is 2.42 bits per heavy atom. The molecule has 0 saturated carbocycles. The third kappa shape index (κ3) is 2.23. The van der Waals surface area contributed by atoms with Crippen molar-refractivity contribution in [2.45, 2.75) is 6.92 Å². The van der Waals surface area contributed by atoms with E-state index in [1.807, 2.05) is 13.0 Å². The van der Waals surface area contributed by atoms with Crippen molar-refractivity contribution in [1.29, 1.82) is 0 Å². The van der Waals surface area contributed by atoms with Crippen molar-refractivity contribution in [3.05, 3.63) is 96.2 Å². The van der Waals surface area contributed by atoms with Gasteiger partial charge >= 0.3 is 0 Å². The van der Waals surface area contributed by atoms with Crippen molar-refractivity contribution >= 4 is 38.3 Å². The molecule has 0 bridgehead atoms. The molecule has 1 N–H and O–H groups in total. The largest absolute Gasteiger partial charge is 0.355 e. The Morgan fingerprint density at radius 1 is 0.808 bits per heavy atom. The highest BCUT2D eigenvalue weighted by atomic mass is 14.7. The van der Waals surface area contributed by atoms with Crippen molar-refractivity contribution in [3.8, 4) is 0 Å². The lowest BCUT2D eigenvalue weighted by molar-refractivity contribution is 1.25. The Labute approximate surface area is 151 Å². The average molecular weight is 334 g/mol. The van der Waals surface area contributed by atoms with Crippen molar-refractivity contribution in [2.75, 3.05) is 0 Å². The highest BCUT2D eigenvalue weighted by Crippen LogP contribution is 2.32. The molecule has 0 fully saturated rings. The van der Waals surface area contributed by atoms with E-state index in [9.17, 15) is 0 Å². The number of aromatic nitrogens is 2. The number of benzene rings is 3. The van der Waals surface area contributed by atoms with Crippen LogP contribution >= 0.6 is 0 Å². The number of hydrogen-bond acceptors (Lipinski definition) is 1. The van der Waals surface area contributed by atoms with Crippen LogP contribution in [0.25, 0.3) is 38.3 Å². The molecule has 2 aromatic heterocycles. The van der Waals surface area contributed by atoms with Crippen LogP contribution in [0.3, 0.4) is 0 Å². The van der Waals surface area contributed by atoms with Crippen molar-refractivity contribution < 1.29 is 0 Å². The average Bonchev–Trinajstić information content (AvgIpc) is 3.04. The summed E-state index contributed by atoms with van der Waals surface area (Å²) in [6.45, 7) is 6.45. The molecule has 0 radical (unpaired) electrons. The van der Waals surface area contributed by atoms with E-state index in [1.54, 1.807) is 0 Å². The lowest BCUT2D eigenvalue weighted by Gasteiger charge is -2.11. The predicted octanol–water partition coefficient (Wildman–Crippen LogP) is 6.24. The molecule has 5 aromatic rings. The minimum atomic E-state index is 1.01. The maximum absolute atomic E-state index is 4.65. The second-order valence-electron chi connectivity index (χ2n) is 6.74. The van der Waals surface area contributed by atoms with Gasteiger partial charge in [0.2, 0.25) is 0 Å². The predicted molar refractivity (Wildman–Crippen MR) is 110 cm³/mol. The first-order valence-electron chi connectivity index (χ1n) is 8.77. The van der Waals surface area contributed by atoms with Gasteiger partial charge in [0, 0.05) is 32.9 Å². The molecule has 2 nitrogen and oxygen atoms in total. The van der Waals surface area contributed by atoms with Crippen LogP contribution in [0.4, 0.5) is 0 Å². The number of aryl methyl sites for hydroxylation is 1. The van der Waals surface area contributed by atoms with Crippen molar-refractivity contribution in [2.24, 2.45) is 0 Å². The molecule has 2 heterocycles. The molecule has 0 aliphatic heterocycles. The van der Waals surface area contributed by atoms with Gasteiger partial charge in [-0.1, -0.05) is 49.0 Å². The zero-order valence-corrected chi connectivity index (χ0v) is 14.6. The Kier molecular flexibility index (Phi) is 3.19. The second-order valence-corrected chi connectivity index (χ2v) is 6.74. The number of fused-ring (bicyclic) bond motifs is 4. The lowest BCUT2D eigenvalue weighted by atomic mass is 9.94. The van der Waals surface area contributed by atoms with Gasteiger partial charge in [0.25, 0.3) is 0 Å². The number of nitrogens with one attached hydrogen (secondary N) is 1. The Balaban J connectivity index is 1.73. The van der Waals surface area contributed by atoms with E-state index in [1.165, 1.54) is 10.8 Å². The number of aromatic amines is 1. The molecule has 0 amide bonds. The maximum atomic E-state index is 4.65. The third-order valence-electron chi connectivity index (χ3n) is 5.02. The van der Waals surface area contributed by atoms with Crippen LogP contribution in [0.1, 0.15) is 16.8 Å². The van der Waals surface area contributed by atoms with Gasteiger partial charge < -0.3 is 4.98 Å². The number of pyridine rings is 1.